The lowest BCUT2D eigenvalue weighted by Crippen LogP contribution is -2.44. The van der Waals surface area contributed by atoms with Gasteiger partial charge in [-0.05, 0) is 45.5 Å². The molecule has 1 fully saturated rings. The summed E-state index contributed by atoms with van der Waals surface area (Å²) in [6, 6.07) is 0.698. The number of nitrogens with zero attached hydrogens (tertiary/aromatic N) is 1. The molecule has 0 amide bonds. The van der Waals surface area contributed by atoms with Gasteiger partial charge < -0.3 is 10.2 Å². The average Bonchev–Trinajstić information content (AvgIpc) is 2.67. The Morgan fingerprint density at radius 2 is 2.00 bits per heavy atom. The van der Waals surface area contributed by atoms with Crippen LogP contribution in [0.5, 0.6) is 0 Å². The second kappa shape index (κ2) is 6.87. The van der Waals surface area contributed by atoms with Crippen LogP contribution in [0.1, 0.15) is 32.6 Å². The van der Waals surface area contributed by atoms with Crippen molar-refractivity contribution < 1.29 is 0 Å². The minimum Gasteiger partial charge on any atom is -0.319 e. The summed E-state index contributed by atoms with van der Waals surface area (Å²) >= 11 is 1.95. The van der Waals surface area contributed by atoms with E-state index in [1.54, 1.807) is 0 Å². The molecule has 1 rings (SSSR count). The largest absolute Gasteiger partial charge is 0.319 e. The van der Waals surface area contributed by atoms with Crippen molar-refractivity contribution in [2.45, 2.75) is 38.6 Å². The molecule has 0 radical (unpaired) electrons. The van der Waals surface area contributed by atoms with Crippen molar-refractivity contribution in [3.63, 3.8) is 0 Å². The van der Waals surface area contributed by atoms with Gasteiger partial charge >= 0.3 is 0 Å². The third-order valence-corrected chi connectivity index (χ3v) is 4.78. The lowest BCUT2D eigenvalue weighted by molar-refractivity contribution is 0.151. The van der Waals surface area contributed by atoms with Gasteiger partial charge in [0.2, 0.25) is 0 Å². The highest BCUT2D eigenvalue weighted by Gasteiger charge is 2.34. The van der Waals surface area contributed by atoms with Crippen LogP contribution < -0.4 is 5.32 Å². The van der Waals surface area contributed by atoms with Crippen LogP contribution in [0.15, 0.2) is 0 Å². The molecule has 16 heavy (non-hydrogen) atoms. The fraction of sp³-hybridized carbons (Fsp3) is 1.00. The molecule has 0 aromatic rings. The predicted molar refractivity (Wildman–Crippen MR) is 75.3 cm³/mol. The van der Waals surface area contributed by atoms with Gasteiger partial charge in [-0.3, -0.25) is 0 Å². The summed E-state index contributed by atoms with van der Waals surface area (Å²) < 4.78 is 0. The molecule has 0 aliphatic heterocycles. The van der Waals surface area contributed by atoms with E-state index in [1.807, 2.05) is 11.8 Å². The fourth-order valence-corrected chi connectivity index (χ4v) is 3.68. The zero-order chi connectivity index (χ0) is 12.0. The quantitative estimate of drug-likeness (QED) is 0.740. The summed E-state index contributed by atoms with van der Waals surface area (Å²) in [5.41, 5.74) is 0.552. The Kier molecular flexibility index (Phi) is 6.16. The van der Waals surface area contributed by atoms with Crippen LogP contribution in [0.2, 0.25) is 0 Å². The Bertz CT molecular complexity index is 190. The van der Waals surface area contributed by atoms with E-state index in [-0.39, 0.29) is 0 Å². The fourth-order valence-electron chi connectivity index (χ4n) is 2.94. The summed E-state index contributed by atoms with van der Waals surface area (Å²) in [6.07, 6.45) is 7.86. The summed E-state index contributed by atoms with van der Waals surface area (Å²) in [5, 5.41) is 3.39. The highest BCUT2D eigenvalue weighted by molar-refractivity contribution is 7.98. The molecule has 0 saturated heterocycles. The third-order valence-electron chi connectivity index (χ3n) is 3.96. The Labute approximate surface area is 106 Å². The highest BCUT2D eigenvalue weighted by atomic mass is 32.2. The topological polar surface area (TPSA) is 15.3 Å². The SMILES string of the molecule is CNCC1(CN(C)C(C)CSC)CCCC1. The van der Waals surface area contributed by atoms with Gasteiger partial charge in [-0.15, -0.1) is 0 Å². The molecule has 1 N–H and O–H groups in total. The van der Waals surface area contributed by atoms with E-state index in [9.17, 15) is 0 Å². The monoisotopic (exact) mass is 244 g/mol. The smallest absolute Gasteiger partial charge is 0.0155 e. The lowest BCUT2D eigenvalue weighted by Gasteiger charge is -2.36. The van der Waals surface area contributed by atoms with Gasteiger partial charge in [0.25, 0.3) is 0 Å². The van der Waals surface area contributed by atoms with Crippen molar-refractivity contribution in [2.24, 2.45) is 5.41 Å². The normalized spacial score (nSPS) is 21.6. The zero-order valence-corrected chi connectivity index (χ0v) is 12.2. The first kappa shape index (κ1) is 14.3. The minimum atomic E-state index is 0.552. The zero-order valence-electron chi connectivity index (χ0n) is 11.4. The van der Waals surface area contributed by atoms with Crippen molar-refractivity contribution >= 4 is 11.8 Å². The first-order valence-corrected chi connectivity index (χ1v) is 7.87. The molecule has 3 heteroatoms. The number of nitrogens with one attached hydrogen (secondary N) is 1. The maximum absolute atomic E-state index is 3.39. The van der Waals surface area contributed by atoms with Crippen molar-refractivity contribution in [3.05, 3.63) is 0 Å². The molecule has 1 aliphatic rings. The number of hydrogen-bond acceptors (Lipinski definition) is 3. The van der Waals surface area contributed by atoms with Gasteiger partial charge in [-0.1, -0.05) is 12.8 Å². The molecule has 1 unspecified atom stereocenters. The van der Waals surface area contributed by atoms with Crippen LogP contribution in [0.25, 0.3) is 0 Å². The van der Waals surface area contributed by atoms with Gasteiger partial charge in [0.15, 0.2) is 0 Å². The van der Waals surface area contributed by atoms with Gasteiger partial charge in [-0.25, -0.2) is 0 Å². The van der Waals surface area contributed by atoms with E-state index in [2.05, 4.69) is 37.5 Å². The van der Waals surface area contributed by atoms with Crippen LogP contribution in [-0.4, -0.2) is 50.1 Å². The summed E-state index contributed by atoms with van der Waals surface area (Å²) in [6.45, 7) is 4.79. The molecule has 1 saturated carbocycles. The molecule has 1 atom stereocenters. The van der Waals surface area contributed by atoms with Gasteiger partial charge in [0, 0.05) is 24.9 Å². The van der Waals surface area contributed by atoms with Crippen molar-refractivity contribution in [2.75, 3.05) is 39.2 Å². The van der Waals surface area contributed by atoms with Crippen LogP contribution in [0.4, 0.5) is 0 Å². The van der Waals surface area contributed by atoms with Gasteiger partial charge in [0.1, 0.15) is 0 Å². The molecule has 96 valence electrons. The molecular formula is C13H28N2S. The van der Waals surface area contributed by atoms with Crippen molar-refractivity contribution in [3.8, 4) is 0 Å². The maximum Gasteiger partial charge on any atom is 0.0155 e. The number of rotatable bonds is 7. The third kappa shape index (κ3) is 3.94. The summed E-state index contributed by atoms with van der Waals surface area (Å²) in [5.74, 6) is 1.24. The maximum atomic E-state index is 3.39. The standard InChI is InChI=1S/C13H28N2S/c1-12(9-16-4)15(3)11-13(10-14-2)7-5-6-8-13/h12,14H,5-11H2,1-4H3. The number of hydrogen-bond donors (Lipinski definition) is 1. The van der Waals surface area contributed by atoms with Crippen LogP contribution in [0.3, 0.4) is 0 Å². The van der Waals surface area contributed by atoms with E-state index in [1.165, 1.54) is 44.5 Å². The molecule has 0 aromatic heterocycles. The second-order valence-corrected chi connectivity index (χ2v) is 6.37. The lowest BCUT2D eigenvalue weighted by atomic mass is 9.85. The molecule has 0 heterocycles. The van der Waals surface area contributed by atoms with E-state index in [0.29, 0.717) is 11.5 Å². The molecule has 1 aliphatic carbocycles. The van der Waals surface area contributed by atoms with Crippen LogP contribution >= 0.6 is 11.8 Å². The van der Waals surface area contributed by atoms with Crippen LogP contribution in [0, 0.1) is 5.41 Å². The molecular weight excluding hydrogens is 216 g/mol. The summed E-state index contributed by atoms with van der Waals surface area (Å²) in [4.78, 5) is 2.55. The Morgan fingerprint density at radius 3 is 2.50 bits per heavy atom. The van der Waals surface area contributed by atoms with Crippen molar-refractivity contribution in [1.82, 2.24) is 10.2 Å². The molecule has 0 aromatic carbocycles. The Balaban J connectivity index is 2.47. The number of thioether (sulfide) groups is 1. The first-order chi connectivity index (χ1) is 7.63. The highest BCUT2D eigenvalue weighted by Crippen LogP contribution is 2.38. The average molecular weight is 244 g/mol. The van der Waals surface area contributed by atoms with E-state index >= 15 is 0 Å². The van der Waals surface area contributed by atoms with E-state index in [0.717, 1.165) is 0 Å². The van der Waals surface area contributed by atoms with Gasteiger partial charge in [0.05, 0.1) is 0 Å². The van der Waals surface area contributed by atoms with Crippen LogP contribution in [-0.2, 0) is 0 Å². The first-order valence-electron chi connectivity index (χ1n) is 6.47. The Hall–Kier alpha value is 0.270. The minimum absolute atomic E-state index is 0.552. The van der Waals surface area contributed by atoms with Gasteiger partial charge in [-0.2, -0.15) is 11.8 Å². The molecule has 0 spiro atoms. The van der Waals surface area contributed by atoms with E-state index in [4.69, 9.17) is 0 Å². The Morgan fingerprint density at radius 1 is 1.38 bits per heavy atom. The van der Waals surface area contributed by atoms with E-state index < -0.39 is 0 Å². The molecule has 2 nitrogen and oxygen atoms in total. The summed E-state index contributed by atoms with van der Waals surface area (Å²) in [7, 11) is 4.38. The van der Waals surface area contributed by atoms with Crippen molar-refractivity contribution in [1.29, 1.82) is 0 Å². The second-order valence-electron chi connectivity index (χ2n) is 5.46. The molecule has 0 bridgehead atoms. The predicted octanol–water partition coefficient (Wildman–Crippen LogP) is 2.45.